The van der Waals surface area contributed by atoms with Gasteiger partial charge in [-0.2, -0.15) is 0 Å². The van der Waals surface area contributed by atoms with Gasteiger partial charge in [-0.3, -0.25) is 4.79 Å². The minimum Gasteiger partial charge on any atom is -0.372 e. The van der Waals surface area contributed by atoms with Crippen LogP contribution in [0, 0.1) is 11.6 Å². The summed E-state index contributed by atoms with van der Waals surface area (Å²) in [5.41, 5.74) is -0.842. The van der Waals surface area contributed by atoms with Crippen molar-refractivity contribution in [3.63, 3.8) is 0 Å². The Kier molecular flexibility index (Phi) is 4.77. The first-order chi connectivity index (χ1) is 13.3. The Labute approximate surface area is 169 Å². The van der Waals surface area contributed by atoms with Crippen LogP contribution in [0.5, 0.6) is 0 Å². The minimum atomic E-state index is -1.02. The third-order valence-corrected chi connectivity index (χ3v) is 5.86. The van der Waals surface area contributed by atoms with Gasteiger partial charge in [-0.1, -0.05) is 23.2 Å². The molecule has 1 saturated heterocycles. The average Bonchev–Trinajstić information content (AvgIpc) is 3.12. The van der Waals surface area contributed by atoms with Crippen molar-refractivity contribution in [1.82, 2.24) is 14.9 Å². The van der Waals surface area contributed by atoms with Gasteiger partial charge < -0.3 is 15.2 Å². The molecule has 2 heterocycles. The third kappa shape index (κ3) is 3.03. The lowest BCUT2D eigenvalue weighted by Gasteiger charge is -2.33. The normalized spacial score (nSPS) is 19.3. The second-order valence-electron chi connectivity index (χ2n) is 6.86. The fraction of sp³-hybridized carbons (Fsp3) is 0.263. The van der Waals surface area contributed by atoms with Gasteiger partial charge in [0.25, 0.3) is 5.56 Å². The molecule has 0 bridgehead atoms. The van der Waals surface area contributed by atoms with Gasteiger partial charge in [-0.15, -0.1) is 0 Å². The molecule has 4 rings (SSSR count). The largest absolute Gasteiger partial charge is 0.372 e. The van der Waals surface area contributed by atoms with E-state index in [2.05, 4.69) is 15.6 Å². The van der Waals surface area contributed by atoms with Crippen molar-refractivity contribution in [1.29, 1.82) is 0 Å². The van der Waals surface area contributed by atoms with Crippen LogP contribution in [0.4, 0.5) is 14.5 Å². The molecular formula is C19H16Cl2F2N4O. The van der Waals surface area contributed by atoms with Crippen LogP contribution in [0.25, 0.3) is 10.9 Å². The Balaban J connectivity index is 1.88. The molecule has 3 aromatic rings. The third-order valence-electron chi connectivity index (χ3n) is 5.06. The highest BCUT2D eigenvalue weighted by Gasteiger charge is 2.40. The van der Waals surface area contributed by atoms with Crippen LogP contribution in [0.2, 0.25) is 10.0 Å². The second kappa shape index (κ2) is 6.99. The lowest BCUT2D eigenvalue weighted by atomic mass is 9.87. The maximum absolute atomic E-state index is 14.8. The Morgan fingerprint density at radius 2 is 2.04 bits per heavy atom. The highest BCUT2D eigenvalue weighted by atomic mass is 35.5. The predicted octanol–water partition coefficient (Wildman–Crippen LogP) is 3.82. The summed E-state index contributed by atoms with van der Waals surface area (Å²) >= 11 is 12.4. The van der Waals surface area contributed by atoms with Crippen molar-refractivity contribution in [2.75, 3.05) is 18.4 Å². The Morgan fingerprint density at radius 3 is 2.75 bits per heavy atom. The number of nitrogens with one attached hydrogen (secondary N) is 2. The summed E-state index contributed by atoms with van der Waals surface area (Å²) in [6, 6.07) is 5.20. The van der Waals surface area contributed by atoms with Crippen molar-refractivity contribution in [2.24, 2.45) is 7.05 Å². The smallest absolute Gasteiger partial charge is 0.260 e. The number of hydrogen-bond acceptors (Lipinski definition) is 4. The number of rotatable bonds is 3. The molecule has 1 aliphatic rings. The molecule has 1 aliphatic heterocycles. The molecular weight excluding hydrogens is 409 g/mol. The van der Waals surface area contributed by atoms with E-state index in [0.29, 0.717) is 19.5 Å². The van der Waals surface area contributed by atoms with Crippen LogP contribution in [0.15, 0.2) is 35.4 Å². The van der Waals surface area contributed by atoms with Gasteiger partial charge in [0, 0.05) is 25.2 Å². The van der Waals surface area contributed by atoms with Crippen LogP contribution in [-0.4, -0.2) is 22.6 Å². The molecule has 0 aliphatic carbocycles. The van der Waals surface area contributed by atoms with Gasteiger partial charge in [-0.25, -0.2) is 13.8 Å². The summed E-state index contributed by atoms with van der Waals surface area (Å²) in [6.45, 7) is 0.889. The zero-order chi connectivity index (χ0) is 20.1. The molecule has 2 N–H and O–H groups in total. The highest BCUT2D eigenvalue weighted by molar-refractivity contribution is 6.42. The van der Waals surface area contributed by atoms with Gasteiger partial charge in [0.15, 0.2) is 0 Å². The zero-order valence-electron chi connectivity index (χ0n) is 14.8. The molecule has 0 spiro atoms. The van der Waals surface area contributed by atoms with Crippen LogP contribution >= 0.6 is 23.2 Å². The monoisotopic (exact) mass is 424 g/mol. The summed E-state index contributed by atoms with van der Waals surface area (Å²) in [6.07, 6.45) is 1.78. The first kappa shape index (κ1) is 19.1. The standard InChI is InChI=1S/C19H16Cl2F2N4O/c1-27-9-25-14-7-13(23)15(6-10(14)18(27)28)26-19(4-5-24-8-19)16-12(22)3-2-11(20)17(16)21/h2-3,6-7,9,24,26H,4-5,8H2,1H3. The van der Waals surface area contributed by atoms with Crippen molar-refractivity contribution >= 4 is 39.8 Å². The molecule has 28 heavy (non-hydrogen) atoms. The molecule has 5 nitrogen and oxygen atoms in total. The first-order valence-electron chi connectivity index (χ1n) is 8.60. The molecule has 146 valence electrons. The van der Waals surface area contributed by atoms with E-state index in [4.69, 9.17) is 23.2 Å². The molecule has 1 atom stereocenters. The second-order valence-corrected chi connectivity index (χ2v) is 7.65. The molecule has 0 amide bonds. The van der Waals surface area contributed by atoms with Crippen molar-refractivity contribution in [2.45, 2.75) is 12.0 Å². The van der Waals surface area contributed by atoms with E-state index in [1.807, 2.05) is 0 Å². The van der Waals surface area contributed by atoms with E-state index in [1.165, 1.54) is 35.2 Å². The molecule has 0 saturated carbocycles. The number of aryl methyl sites for hydroxylation is 1. The summed E-state index contributed by atoms with van der Waals surface area (Å²) in [5.74, 6) is -1.14. The van der Waals surface area contributed by atoms with Gasteiger partial charge in [-0.05, 0) is 31.2 Å². The maximum Gasteiger partial charge on any atom is 0.260 e. The number of hydrogen-bond donors (Lipinski definition) is 2. The quantitative estimate of drug-likeness (QED) is 0.627. The summed E-state index contributed by atoms with van der Waals surface area (Å²) in [5, 5.41) is 6.79. The average molecular weight is 425 g/mol. The predicted molar refractivity (Wildman–Crippen MR) is 106 cm³/mol. The fourth-order valence-electron chi connectivity index (χ4n) is 3.63. The molecule has 1 fully saturated rings. The minimum absolute atomic E-state index is 0.0664. The Morgan fingerprint density at radius 1 is 1.25 bits per heavy atom. The van der Waals surface area contributed by atoms with Crippen LogP contribution in [-0.2, 0) is 12.6 Å². The summed E-state index contributed by atoms with van der Waals surface area (Å²) < 4.78 is 30.8. The van der Waals surface area contributed by atoms with Crippen LogP contribution in [0.1, 0.15) is 12.0 Å². The van der Waals surface area contributed by atoms with Gasteiger partial charge >= 0.3 is 0 Å². The number of halogens is 4. The van der Waals surface area contributed by atoms with Crippen molar-refractivity contribution < 1.29 is 8.78 Å². The van der Waals surface area contributed by atoms with E-state index in [-0.39, 0.29) is 37.8 Å². The zero-order valence-corrected chi connectivity index (χ0v) is 16.3. The summed E-state index contributed by atoms with van der Waals surface area (Å²) in [4.78, 5) is 16.5. The van der Waals surface area contributed by atoms with E-state index in [1.54, 1.807) is 7.05 Å². The number of nitrogens with zero attached hydrogens (tertiary/aromatic N) is 2. The van der Waals surface area contributed by atoms with E-state index in [0.717, 1.165) is 0 Å². The number of benzene rings is 2. The molecule has 9 heteroatoms. The SMILES string of the molecule is Cn1cnc2cc(F)c(NC3(c4c(F)ccc(Cl)c4Cl)CCNC3)cc2c1=O. The first-order valence-corrected chi connectivity index (χ1v) is 9.36. The molecule has 2 aromatic carbocycles. The van der Waals surface area contributed by atoms with E-state index in [9.17, 15) is 13.6 Å². The van der Waals surface area contributed by atoms with Crippen molar-refractivity contribution in [3.05, 3.63) is 68.2 Å². The maximum atomic E-state index is 14.8. The number of anilines is 1. The van der Waals surface area contributed by atoms with Gasteiger partial charge in [0.1, 0.15) is 11.6 Å². The van der Waals surface area contributed by atoms with E-state index >= 15 is 0 Å². The molecule has 0 radical (unpaired) electrons. The number of fused-ring (bicyclic) bond motifs is 1. The lowest BCUT2D eigenvalue weighted by Crippen LogP contribution is -2.39. The van der Waals surface area contributed by atoms with Gasteiger partial charge in [0.2, 0.25) is 0 Å². The fourth-order valence-corrected chi connectivity index (χ4v) is 4.12. The number of aromatic nitrogens is 2. The lowest BCUT2D eigenvalue weighted by molar-refractivity contribution is 0.491. The van der Waals surface area contributed by atoms with Crippen molar-refractivity contribution in [3.8, 4) is 0 Å². The van der Waals surface area contributed by atoms with Crippen LogP contribution < -0.4 is 16.2 Å². The topological polar surface area (TPSA) is 59.0 Å². The molecule has 1 unspecified atom stereocenters. The Bertz CT molecular complexity index is 1140. The van der Waals surface area contributed by atoms with Crippen LogP contribution in [0.3, 0.4) is 0 Å². The van der Waals surface area contributed by atoms with Gasteiger partial charge in [0.05, 0.1) is 38.5 Å². The van der Waals surface area contributed by atoms with E-state index < -0.39 is 17.2 Å². The Hall–Kier alpha value is -2.22. The summed E-state index contributed by atoms with van der Waals surface area (Å²) in [7, 11) is 1.56. The molecule has 1 aromatic heterocycles. The highest BCUT2D eigenvalue weighted by Crippen LogP contribution is 2.41.